The number of nitrogens with zero attached hydrogens (tertiary/aromatic N) is 7. The second kappa shape index (κ2) is 31.3. The first kappa shape index (κ1) is 74.3. The highest BCUT2D eigenvalue weighted by atomic mass is 19.4. The van der Waals surface area contributed by atoms with Gasteiger partial charge in [-0.15, -0.1) is 0 Å². The van der Waals surface area contributed by atoms with Crippen molar-refractivity contribution in [1.82, 2.24) is 40.4 Å². The highest BCUT2D eigenvalue weighted by Crippen LogP contribution is 2.46. The largest absolute Gasteiger partial charge is 0.469 e. The summed E-state index contributed by atoms with van der Waals surface area (Å²) in [4.78, 5) is 97.5. The molecular formula is C67H76F10N10O10. The van der Waals surface area contributed by atoms with Crippen molar-refractivity contribution in [2.75, 3.05) is 52.0 Å². The van der Waals surface area contributed by atoms with Crippen LogP contribution in [0.1, 0.15) is 101 Å². The number of alkyl carbamates (subject to hydrolysis) is 1. The molecule has 3 saturated heterocycles. The van der Waals surface area contributed by atoms with Gasteiger partial charge in [-0.3, -0.25) is 34.3 Å². The van der Waals surface area contributed by atoms with Gasteiger partial charge in [0.15, 0.2) is 11.6 Å². The molecule has 3 aliphatic rings. The summed E-state index contributed by atoms with van der Waals surface area (Å²) in [6.07, 6.45) is -11.5. The van der Waals surface area contributed by atoms with Crippen LogP contribution >= 0.6 is 0 Å². The molecule has 30 heteroatoms. The van der Waals surface area contributed by atoms with E-state index in [-0.39, 0.29) is 27.9 Å². The van der Waals surface area contributed by atoms with E-state index in [2.05, 4.69) is 51.6 Å². The highest BCUT2D eigenvalue weighted by Gasteiger charge is 2.57. The fourth-order valence-electron chi connectivity index (χ4n) is 12.1. The Kier molecular flexibility index (Phi) is 24.0. The summed E-state index contributed by atoms with van der Waals surface area (Å²) in [5.74, 6) is -7.91. The predicted molar refractivity (Wildman–Crippen MR) is 330 cm³/mol. The standard InChI is InChI=1S/C67H76F10N10O10/c1-38(58(91)52(78)25-40-11-9-8-10-12-40)23-57(90)97-55(35-85(83-60(92)49(29-56(89)94-6)64(2,3)66(72,73)74)34-48-50(68)26-43(27-51(48)69)53-21-22-86(82-53)61(70)71)44(28-54(88)59(81-63(93)95-7)65(4,5)67(75,76)77)24-41-16-13-39(14-17-41)15-18-42-30-79-62(80-31-42)84-32-45-19-20-46(33-84)87(45)47-36-96-37-47/h8-14,16-17,21-22,26-27,30-31,38,44-47,49,52,55,59,61H,19-20,23-25,28-29,32-37,78H2,1-7H3,(H,81,93)(H,83,92)/t38?,44-,45?,46?,49-,52+,55+,59-/m1/s1. The third kappa shape index (κ3) is 18.4. The van der Waals surface area contributed by atoms with Gasteiger partial charge in [0, 0.05) is 85.3 Å². The molecule has 3 unspecified atom stereocenters. The number of nitrogens with one attached hydrogen (secondary N) is 2. The number of halogens is 10. The number of amides is 2. The minimum atomic E-state index is -5.25. The lowest BCUT2D eigenvalue weighted by Crippen LogP contribution is -2.62. The Hall–Kier alpha value is -8.53. The fourth-order valence-corrected chi connectivity index (χ4v) is 12.1. The Bertz CT molecular complexity index is 3620. The molecule has 0 aliphatic carbocycles. The molecule has 3 fully saturated rings. The van der Waals surface area contributed by atoms with E-state index < -0.39 is 157 Å². The van der Waals surface area contributed by atoms with Crippen molar-refractivity contribution < 1.29 is 91.6 Å². The minimum absolute atomic E-state index is 0.0206. The van der Waals surface area contributed by atoms with Crippen LogP contribution in [0.15, 0.2) is 91.4 Å². The molecular weight excluding hydrogens is 1290 g/mol. The number of rotatable bonds is 28. The Morgan fingerprint density at radius 1 is 0.753 bits per heavy atom. The van der Waals surface area contributed by atoms with Gasteiger partial charge in [0.25, 0.3) is 0 Å². The molecule has 5 aromatic rings. The number of benzene rings is 3. The predicted octanol–water partition coefficient (Wildman–Crippen LogP) is 9.27. The molecule has 0 radical (unpaired) electrons. The number of nitrogens with two attached hydrogens (primary N) is 1. The second-order valence-electron chi connectivity index (χ2n) is 25.7. The van der Waals surface area contributed by atoms with Crippen molar-refractivity contribution in [1.29, 1.82) is 0 Å². The average Bonchev–Trinajstić information content (AvgIpc) is 1.77. The molecule has 3 aliphatic heterocycles. The van der Waals surface area contributed by atoms with Crippen LogP contribution in [0.4, 0.5) is 54.6 Å². The number of anilines is 1. The first-order valence-electron chi connectivity index (χ1n) is 31.2. The molecule has 4 N–H and O–H groups in total. The zero-order valence-corrected chi connectivity index (χ0v) is 54.2. The molecule has 524 valence electrons. The quantitative estimate of drug-likeness (QED) is 0.0139. The van der Waals surface area contributed by atoms with E-state index >= 15 is 22.0 Å². The molecule has 2 amide bonds. The second-order valence-corrected chi connectivity index (χ2v) is 25.7. The number of esters is 2. The Morgan fingerprint density at radius 2 is 1.35 bits per heavy atom. The number of carbonyl (C=O) groups is 6. The first-order valence-corrected chi connectivity index (χ1v) is 31.2. The van der Waals surface area contributed by atoms with Crippen LogP contribution in [-0.4, -0.2) is 161 Å². The number of ketones is 2. The van der Waals surface area contributed by atoms with Crippen molar-refractivity contribution in [2.24, 2.45) is 34.3 Å². The van der Waals surface area contributed by atoms with Crippen molar-refractivity contribution in [2.45, 2.75) is 141 Å². The van der Waals surface area contributed by atoms with Crippen molar-refractivity contribution >= 4 is 41.5 Å². The molecule has 97 heavy (non-hydrogen) atoms. The van der Waals surface area contributed by atoms with E-state index in [0.717, 1.165) is 52.4 Å². The lowest BCUT2D eigenvalue weighted by Gasteiger charge is -2.47. The molecule has 0 saturated carbocycles. The summed E-state index contributed by atoms with van der Waals surface area (Å²) < 4.78 is 172. The number of fused-ring (bicyclic) bond motifs is 2. The summed E-state index contributed by atoms with van der Waals surface area (Å²) in [6, 6.07) is 14.4. The normalized spacial score (nSPS) is 18.0. The SMILES string of the molecule is COC(=O)C[C@H](C(=O)NN(Cc1c(F)cc(-c2ccn(C(F)F)n2)cc1F)C[C@H](OC(=O)CC(C)C(=O)[C@@H](N)Cc1ccccc1)[C@@H](CC(=O)[C@@H](NC(=O)OC)C(C)(C)C(F)(F)F)Cc1ccc(C#Cc2cnc(N3CC4CCC(C3)N4C3COC3)nc2)cc1)C(C)(C)C(F)(F)F. The third-order valence-electron chi connectivity index (χ3n) is 18.2. The number of alkyl halides is 8. The van der Waals surface area contributed by atoms with E-state index in [1.165, 1.54) is 31.2 Å². The minimum Gasteiger partial charge on any atom is -0.469 e. The summed E-state index contributed by atoms with van der Waals surface area (Å²) in [5.41, 5.74) is 2.38. The number of carbonyl (C=O) groups excluding carboxylic acids is 6. The number of methoxy groups -OCH3 is 2. The van der Waals surface area contributed by atoms with Crippen LogP contribution in [-0.2, 0) is 62.3 Å². The van der Waals surface area contributed by atoms with Gasteiger partial charge in [0.1, 0.15) is 23.8 Å². The van der Waals surface area contributed by atoms with Gasteiger partial charge in [0.2, 0.25) is 11.9 Å². The number of Topliss-reactive ketones (excluding diaryl/α,β-unsaturated/α-hetero) is 2. The van der Waals surface area contributed by atoms with Crippen LogP contribution in [0.2, 0.25) is 0 Å². The first-order chi connectivity index (χ1) is 45.7. The van der Waals surface area contributed by atoms with Crippen LogP contribution in [0.5, 0.6) is 0 Å². The summed E-state index contributed by atoms with van der Waals surface area (Å²) in [5, 5.41) is 6.16. The molecule has 5 heterocycles. The molecule has 8 rings (SSSR count). The number of piperazine rings is 1. The lowest BCUT2D eigenvalue weighted by molar-refractivity contribution is -0.231. The van der Waals surface area contributed by atoms with Crippen molar-refractivity contribution in [3.05, 3.63) is 131 Å². The highest BCUT2D eigenvalue weighted by molar-refractivity contribution is 5.90. The van der Waals surface area contributed by atoms with Gasteiger partial charge in [-0.05, 0) is 81.0 Å². The molecule has 8 atom stereocenters. The summed E-state index contributed by atoms with van der Waals surface area (Å²) in [6.45, 7) is 1.15. The van der Waals surface area contributed by atoms with E-state index in [0.29, 0.717) is 98.8 Å². The Morgan fingerprint density at radius 3 is 1.90 bits per heavy atom. The number of hydrogen-bond acceptors (Lipinski definition) is 17. The van der Waals surface area contributed by atoms with Crippen LogP contribution < -0.4 is 21.4 Å². The van der Waals surface area contributed by atoms with E-state index in [9.17, 15) is 50.7 Å². The van der Waals surface area contributed by atoms with E-state index in [1.807, 2.05) is 5.32 Å². The number of aromatic nitrogens is 4. The number of hydrogen-bond donors (Lipinski definition) is 3. The maximum Gasteiger partial charge on any atom is 0.407 e. The van der Waals surface area contributed by atoms with Gasteiger partial charge < -0.3 is 34.9 Å². The van der Waals surface area contributed by atoms with Crippen LogP contribution in [0.3, 0.4) is 0 Å². The average molecular weight is 1370 g/mol. The molecule has 0 spiro atoms. The zero-order valence-electron chi connectivity index (χ0n) is 54.2. The van der Waals surface area contributed by atoms with Gasteiger partial charge in [0.05, 0.1) is 86.9 Å². The van der Waals surface area contributed by atoms with Gasteiger partial charge in [-0.2, -0.15) is 40.2 Å². The van der Waals surface area contributed by atoms with Gasteiger partial charge in [-0.1, -0.05) is 75.1 Å². The summed E-state index contributed by atoms with van der Waals surface area (Å²) >= 11 is 0. The van der Waals surface area contributed by atoms with Crippen molar-refractivity contribution in [3.63, 3.8) is 0 Å². The molecule has 2 bridgehead atoms. The number of hydrazine groups is 1. The van der Waals surface area contributed by atoms with E-state index in [4.69, 9.17) is 15.2 Å². The van der Waals surface area contributed by atoms with E-state index in [1.54, 1.807) is 42.7 Å². The molecule has 3 aromatic carbocycles. The maximum atomic E-state index is 16.6. The van der Waals surface area contributed by atoms with Gasteiger partial charge in [-0.25, -0.2) is 33.2 Å². The molecule has 20 nitrogen and oxygen atoms in total. The topological polar surface area (TPSA) is 243 Å². The third-order valence-corrected chi connectivity index (χ3v) is 18.2. The Balaban J connectivity index is 1.19. The summed E-state index contributed by atoms with van der Waals surface area (Å²) in [7, 11) is 1.65. The zero-order chi connectivity index (χ0) is 70.9. The fraction of sp³-hybridized carbons (Fsp3) is 0.507. The maximum absolute atomic E-state index is 16.6. The van der Waals surface area contributed by atoms with Crippen LogP contribution in [0.25, 0.3) is 11.3 Å². The van der Waals surface area contributed by atoms with Crippen LogP contribution in [0, 0.1) is 52.1 Å². The lowest BCUT2D eigenvalue weighted by atomic mass is 9.75. The molecule has 2 aromatic heterocycles. The van der Waals surface area contributed by atoms with Crippen molar-refractivity contribution in [3.8, 4) is 23.1 Å². The smallest absolute Gasteiger partial charge is 0.407 e. The van der Waals surface area contributed by atoms with Gasteiger partial charge >= 0.3 is 36.9 Å². The number of ether oxygens (including phenoxy) is 4. The monoisotopic (exact) mass is 1370 g/mol. The Labute approximate surface area is 553 Å².